The largest absolute Gasteiger partial charge is 0.382 e. The Hall–Kier alpha value is -0.820. The molecular formula is C9H15N3O2S2. The van der Waals surface area contributed by atoms with E-state index in [0.717, 1.165) is 25.9 Å². The van der Waals surface area contributed by atoms with E-state index in [1.165, 1.54) is 24.2 Å². The van der Waals surface area contributed by atoms with E-state index in [2.05, 4.69) is 9.27 Å². The molecular weight excluding hydrogens is 246 g/mol. The number of sulfone groups is 1. The van der Waals surface area contributed by atoms with Crippen LogP contribution in [0.5, 0.6) is 0 Å². The number of anilines is 2. The molecule has 16 heavy (non-hydrogen) atoms. The standard InChI is InChI=1S/C9H15N3O2S2/c1-16(13,14)7-8(10)11-15-9(7)12-5-3-2-4-6-12/h2-6H2,1H3,(H2,10,11). The number of rotatable bonds is 2. The highest BCUT2D eigenvalue weighted by atomic mass is 32.2. The highest BCUT2D eigenvalue weighted by Gasteiger charge is 2.25. The second kappa shape index (κ2) is 4.21. The lowest BCUT2D eigenvalue weighted by Gasteiger charge is -2.27. The van der Waals surface area contributed by atoms with Crippen LogP contribution in [0.1, 0.15) is 19.3 Å². The van der Waals surface area contributed by atoms with E-state index < -0.39 is 9.84 Å². The van der Waals surface area contributed by atoms with Gasteiger partial charge in [0.1, 0.15) is 9.90 Å². The Morgan fingerprint density at radius 1 is 1.31 bits per heavy atom. The van der Waals surface area contributed by atoms with Crippen molar-refractivity contribution in [1.29, 1.82) is 0 Å². The monoisotopic (exact) mass is 261 g/mol. The topological polar surface area (TPSA) is 76.3 Å². The van der Waals surface area contributed by atoms with Crippen molar-refractivity contribution in [3.63, 3.8) is 0 Å². The predicted molar refractivity (Wildman–Crippen MR) is 65.7 cm³/mol. The molecule has 0 saturated carbocycles. The fourth-order valence-electron chi connectivity index (χ4n) is 1.93. The molecule has 1 aliphatic rings. The first-order valence-electron chi connectivity index (χ1n) is 5.20. The maximum Gasteiger partial charge on any atom is 0.182 e. The maximum atomic E-state index is 11.6. The molecule has 0 spiro atoms. The first kappa shape index (κ1) is 11.7. The first-order chi connectivity index (χ1) is 7.50. The minimum atomic E-state index is -3.29. The Morgan fingerprint density at radius 2 is 1.94 bits per heavy atom. The molecule has 0 amide bonds. The number of piperidine rings is 1. The summed E-state index contributed by atoms with van der Waals surface area (Å²) in [5.41, 5.74) is 5.63. The van der Waals surface area contributed by atoms with Gasteiger partial charge in [-0.2, -0.15) is 4.37 Å². The van der Waals surface area contributed by atoms with Gasteiger partial charge in [0.2, 0.25) is 0 Å². The number of aromatic nitrogens is 1. The number of nitrogens with zero attached hydrogens (tertiary/aromatic N) is 2. The lowest BCUT2D eigenvalue weighted by molar-refractivity contribution is 0.575. The summed E-state index contributed by atoms with van der Waals surface area (Å²) in [4.78, 5) is 2.29. The van der Waals surface area contributed by atoms with E-state index in [4.69, 9.17) is 5.73 Å². The smallest absolute Gasteiger partial charge is 0.182 e. The Balaban J connectivity index is 2.41. The maximum absolute atomic E-state index is 11.6. The van der Waals surface area contributed by atoms with Gasteiger partial charge in [-0.15, -0.1) is 0 Å². The molecule has 2 N–H and O–H groups in total. The molecule has 0 aromatic carbocycles. The zero-order chi connectivity index (χ0) is 11.8. The molecule has 0 radical (unpaired) electrons. The Bertz CT molecular complexity index is 475. The van der Waals surface area contributed by atoms with Crippen molar-refractivity contribution in [1.82, 2.24) is 4.37 Å². The van der Waals surface area contributed by atoms with Crippen molar-refractivity contribution in [2.45, 2.75) is 24.2 Å². The Morgan fingerprint density at radius 3 is 2.50 bits per heavy atom. The zero-order valence-electron chi connectivity index (χ0n) is 9.14. The molecule has 1 fully saturated rings. The van der Waals surface area contributed by atoms with Crippen LogP contribution in [0.15, 0.2) is 4.90 Å². The van der Waals surface area contributed by atoms with Gasteiger partial charge in [0, 0.05) is 19.3 Å². The van der Waals surface area contributed by atoms with Crippen LogP contribution in [-0.4, -0.2) is 32.1 Å². The third kappa shape index (κ3) is 2.15. The van der Waals surface area contributed by atoms with E-state index >= 15 is 0 Å². The SMILES string of the molecule is CS(=O)(=O)c1c(N)nsc1N1CCCCC1. The molecule has 0 aliphatic carbocycles. The third-order valence-corrected chi connectivity index (χ3v) is 4.87. The summed E-state index contributed by atoms with van der Waals surface area (Å²) in [6, 6.07) is 0. The zero-order valence-corrected chi connectivity index (χ0v) is 10.8. The normalized spacial score (nSPS) is 17.7. The average molecular weight is 261 g/mol. The van der Waals surface area contributed by atoms with E-state index in [-0.39, 0.29) is 10.7 Å². The fraction of sp³-hybridized carbons (Fsp3) is 0.667. The number of nitrogens with two attached hydrogens (primary N) is 1. The van der Waals surface area contributed by atoms with Gasteiger partial charge in [-0.1, -0.05) is 0 Å². The third-order valence-electron chi connectivity index (χ3n) is 2.67. The van der Waals surface area contributed by atoms with Crippen LogP contribution in [0.25, 0.3) is 0 Å². The van der Waals surface area contributed by atoms with Crippen LogP contribution in [0.2, 0.25) is 0 Å². The van der Waals surface area contributed by atoms with Gasteiger partial charge >= 0.3 is 0 Å². The van der Waals surface area contributed by atoms with Gasteiger partial charge in [0.05, 0.1) is 0 Å². The highest BCUT2D eigenvalue weighted by Crippen LogP contribution is 2.35. The Labute approximate surface area is 99.3 Å². The van der Waals surface area contributed by atoms with Crippen molar-refractivity contribution in [3.8, 4) is 0 Å². The van der Waals surface area contributed by atoms with Gasteiger partial charge in [0.25, 0.3) is 0 Å². The molecule has 7 heteroatoms. The second-order valence-electron chi connectivity index (χ2n) is 4.02. The summed E-state index contributed by atoms with van der Waals surface area (Å²) < 4.78 is 27.2. The van der Waals surface area contributed by atoms with E-state index in [0.29, 0.717) is 5.00 Å². The summed E-state index contributed by atoms with van der Waals surface area (Å²) in [5.74, 6) is 0.132. The molecule has 1 aliphatic heterocycles. The summed E-state index contributed by atoms with van der Waals surface area (Å²) in [5, 5.41) is 0.708. The lowest BCUT2D eigenvalue weighted by Crippen LogP contribution is -2.29. The molecule has 1 aromatic rings. The van der Waals surface area contributed by atoms with Crippen LogP contribution >= 0.6 is 11.5 Å². The van der Waals surface area contributed by atoms with Crippen molar-refractivity contribution < 1.29 is 8.42 Å². The molecule has 1 saturated heterocycles. The average Bonchev–Trinajstić information content (AvgIpc) is 2.61. The minimum Gasteiger partial charge on any atom is -0.382 e. The number of hydrogen-bond donors (Lipinski definition) is 1. The van der Waals surface area contributed by atoms with Gasteiger partial charge in [-0.3, -0.25) is 0 Å². The van der Waals surface area contributed by atoms with Crippen molar-refractivity contribution in [2.75, 3.05) is 30.0 Å². The van der Waals surface area contributed by atoms with Gasteiger partial charge in [-0.25, -0.2) is 8.42 Å². The molecule has 2 rings (SSSR count). The lowest BCUT2D eigenvalue weighted by atomic mass is 10.1. The van der Waals surface area contributed by atoms with Crippen LogP contribution in [-0.2, 0) is 9.84 Å². The fourth-order valence-corrected chi connectivity index (χ4v) is 4.19. The second-order valence-corrected chi connectivity index (χ2v) is 6.73. The Kier molecular flexibility index (Phi) is 3.07. The van der Waals surface area contributed by atoms with Gasteiger partial charge in [-0.05, 0) is 30.8 Å². The van der Waals surface area contributed by atoms with E-state index in [1.807, 2.05) is 0 Å². The van der Waals surface area contributed by atoms with Crippen molar-refractivity contribution >= 4 is 32.2 Å². The van der Waals surface area contributed by atoms with E-state index in [9.17, 15) is 8.42 Å². The van der Waals surface area contributed by atoms with Gasteiger partial charge in [0.15, 0.2) is 15.7 Å². The predicted octanol–water partition coefficient (Wildman–Crippen LogP) is 1.12. The molecule has 0 atom stereocenters. The van der Waals surface area contributed by atoms with Crippen molar-refractivity contribution in [3.05, 3.63) is 0 Å². The van der Waals surface area contributed by atoms with Gasteiger partial charge < -0.3 is 10.6 Å². The summed E-state index contributed by atoms with van der Waals surface area (Å²) in [7, 11) is -3.29. The van der Waals surface area contributed by atoms with Crippen LogP contribution in [0.4, 0.5) is 10.8 Å². The molecule has 90 valence electrons. The molecule has 5 nitrogen and oxygen atoms in total. The number of nitrogen functional groups attached to an aromatic ring is 1. The minimum absolute atomic E-state index is 0.132. The highest BCUT2D eigenvalue weighted by molar-refractivity contribution is 7.91. The van der Waals surface area contributed by atoms with Crippen LogP contribution in [0.3, 0.4) is 0 Å². The molecule has 0 unspecified atom stereocenters. The quantitative estimate of drug-likeness (QED) is 0.863. The van der Waals surface area contributed by atoms with Crippen LogP contribution < -0.4 is 10.6 Å². The molecule has 2 heterocycles. The van der Waals surface area contributed by atoms with Crippen LogP contribution in [0, 0.1) is 0 Å². The summed E-state index contributed by atoms with van der Waals surface area (Å²) >= 11 is 1.18. The molecule has 0 bridgehead atoms. The summed E-state index contributed by atoms with van der Waals surface area (Å²) in [6.45, 7) is 1.79. The van der Waals surface area contributed by atoms with E-state index in [1.54, 1.807) is 0 Å². The summed E-state index contributed by atoms with van der Waals surface area (Å²) in [6.07, 6.45) is 4.58. The van der Waals surface area contributed by atoms with Crippen molar-refractivity contribution in [2.24, 2.45) is 0 Å². The first-order valence-corrected chi connectivity index (χ1v) is 7.87. The molecule has 1 aromatic heterocycles. The number of hydrogen-bond acceptors (Lipinski definition) is 6.